The van der Waals surface area contributed by atoms with Crippen molar-refractivity contribution in [2.75, 3.05) is 7.11 Å². The van der Waals surface area contributed by atoms with Gasteiger partial charge in [0.2, 0.25) is 0 Å². The Morgan fingerprint density at radius 3 is 2.74 bits per heavy atom. The van der Waals surface area contributed by atoms with E-state index in [1.807, 2.05) is 0 Å². The molecule has 0 unspecified atom stereocenters. The summed E-state index contributed by atoms with van der Waals surface area (Å²) in [5, 5.41) is 0. The normalized spacial score (nSPS) is 17.4. The van der Waals surface area contributed by atoms with E-state index in [9.17, 15) is 4.39 Å². The van der Waals surface area contributed by atoms with Gasteiger partial charge in [-0.1, -0.05) is 6.92 Å². The monoisotopic (exact) mass is 280 g/mol. The zero-order chi connectivity index (χ0) is 13.6. The Morgan fingerprint density at radius 1 is 1.47 bits per heavy atom. The molecule has 0 amide bonds. The lowest BCUT2D eigenvalue weighted by Gasteiger charge is -2.43. The molecule has 2 aromatic rings. The smallest absolute Gasteiger partial charge is 0.178 e. The van der Waals surface area contributed by atoms with Crippen molar-refractivity contribution in [1.29, 1.82) is 0 Å². The third kappa shape index (κ3) is 1.71. The van der Waals surface area contributed by atoms with Gasteiger partial charge in [-0.3, -0.25) is 0 Å². The number of halogens is 1. The Balaban J connectivity index is 2.29. The van der Waals surface area contributed by atoms with Gasteiger partial charge < -0.3 is 14.3 Å². The third-order valence-corrected chi connectivity index (χ3v) is 4.66. The summed E-state index contributed by atoms with van der Waals surface area (Å²) in [5.41, 5.74) is 1.77. The van der Waals surface area contributed by atoms with Crippen LogP contribution in [0.3, 0.4) is 0 Å². The Bertz CT molecular complexity index is 679. The van der Waals surface area contributed by atoms with Gasteiger partial charge in [-0.15, -0.1) is 0 Å². The number of H-pyrrole nitrogens is 1. The molecule has 3 nitrogen and oxygen atoms in total. The molecule has 3 rings (SSSR count). The first-order valence-corrected chi connectivity index (χ1v) is 7.01. The number of hydrogen-bond donors (Lipinski definition) is 1. The maximum absolute atomic E-state index is 13.7. The molecule has 0 bridgehead atoms. The van der Waals surface area contributed by atoms with Gasteiger partial charge >= 0.3 is 0 Å². The molecule has 1 aromatic carbocycles. The predicted molar refractivity (Wildman–Crippen MR) is 75.7 cm³/mol. The molecule has 0 radical (unpaired) electrons. The van der Waals surface area contributed by atoms with Gasteiger partial charge in [-0.25, -0.2) is 4.39 Å². The quantitative estimate of drug-likeness (QED) is 0.856. The number of methoxy groups -OCH3 is 1. The van der Waals surface area contributed by atoms with Gasteiger partial charge in [0, 0.05) is 17.7 Å². The summed E-state index contributed by atoms with van der Waals surface area (Å²) in [5.74, 6) is -0.0987. The number of imidazole rings is 1. The topological polar surface area (TPSA) is 29.9 Å². The second kappa shape index (κ2) is 4.34. The number of aromatic nitrogens is 2. The van der Waals surface area contributed by atoms with Crippen LogP contribution in [0.1, 0.15) is 32.6 Å². The number of rotatable bonds is 3. The number of nitrogens with one attached hydrogen (secondary N) is 1. The maximum Gasteiger partial charge on any atom is 0.178 e. The fraction of sp³-hybridized carbons (Fsp3) is 0.500. The summed E-state index contributed by atoms with van der Waals surface area (Å²) < 4.78 is 21.7. The van der Waals surface area contributed by atoms with Gasteiger partial charge in [0.25, 0.3) is 0 Å². The second-order valence-electron chi connectivity index (χ2n) is 5.20. The number of benzene rings is 1. The summed E-state index contributed by atoms with van der Waals surface area (Å²) in [4.78, 5) is 3.11. The highest BCUT2D eigenvalue weighted by Crippen LogP contribution is 2.44. The molecule has 5 heteroatoms. The number of fused-ring (bicyclic) bond motifs is 1. The predicted octanol–water partition coefficient (Wildman–Crippen LogP) is 4.14. The van der Waals surface area contributed by atoms with E-state index in [4.69, 9.17) is 17.0 Å². The van der Waals surface area contributed by atoms with Gasteiger partial charge in [0.1, 0.15) is 0 Å². The molecule has 1 saturated carbocycles. The fourth-order valence-electron chi connectivity index (χ4n) is 3.06. The largest absolute Gasteiger partial charge is 0.494 e. The minimum atomic E-state index is -0.363. The van der Waals surface area contributed by atoms with Crippen LogP contribution in [0.5, 0.6) is 5.75 Å². The van der Waals surface area contributed by atoms with Crippen LogP contribution in [0.25, 0.3) is 11.0 Å². The summed E-state index contributed by atoms with van der Waals surface area (Å²) in [6, 6.07) is 3.20. The van der Waals surface area contributed by atoms with Crippen LogP contribution in [-0.4, -0.2) is 16.7 Å². The molecule has 19 heavy (non-hydrogen) atoms. The average molecular weight is 280 g/mol. The summed E-state index contributed by atoms with van der Waals surface area (Å²) >= 11 is 5.43. The molecule has 1 aliphatic rings. The highest BCUT2D eigenvalue weighted by atomic mass is 32.1. The lowest BCUT2D eigenvalue weighted by atomic mass is 9.74. The molecular weight excluding hydrogens is 263 g/mol. The van der Waals surface area contributed by atoms with Crippen molar-refractivity contribution in [1.82, 2.24) is 9.55 Å². The zero-order valence-electron chi connectivity index (χ0n) is 11.1. The van der Waals surface area contributed by atoms with Crippen LogP contribution < -0.4 is 4.74 Å². The lowest BCUT2D eigenvalue weighted by Crippen LogP contribution is -2.39. The van der Waals surface area contributed by atoms with E-state index >= 15 is 0 Å². The first-order chi connectivity index (χ1) is 9.11. The molecule has 0 saturated heterocycles. The Labute approximate surface area is 116 Å². The van der Waals surface area contributed by atoms with Crippen LogP contribution >= 0.6 is 12.2 Å². The summed E-state index contributed by atoms with van der Waals surface area (Å²) in [6.45, 7) is 2.18. The zero-order valence-corrected chi connectivity index (χ0v) is 11.9. The van der Waals surface area contributed by atoms with E-state index in [0.29, 0.717) is 4.77 Å². The fourth-order valence-corrected chi connectivity index (χ4v) is 3.46. The van der Waals surface area contributed by atoms with Crippen LogP contribution in [0.4, 0.5) is 4.39 Å². The van der Waals surface area contributed by atoms with Crippen LogP contribution in [-0.2, 0) is 5.54 Å². The summed E-state index contributed by atoms with van der Waals surface area (Å²) in [7, 11) is 1.48. The van der Waals surface area contributed by atoms with Gasteiger partial charge in [0.15, 0.2) is 16.3 Å². The number of nitrogens with zero attached hydrogens (tertiary/aromatic N) is 1. The first-order valence-electron chi connectivity index (χ1n) is 6.60. The van der Waals surface area contributed by atoms with Crippen molar-refractivity contribution >= 4 is 23.3 Å². The summed E-state index contributed by atoms with van der Waals surface area (Å²) in [6.07, 6.45) is 4.52. The number of aromatic amines is 1. The number of hydrogen-bond acceptors (Lipinski definition) is 2. The van der Waals surface area contributed by atoms with Gasteiger partial charge in [-0.05, 0) is 37.9 Å². The van der Waals surface area contributed by atoms with Crippen molar-refractivity contribution in [3.05, 3.63) is 22.7 Å². The third-order valence-electron chi connectivity index (χ3n) is 4.37. The molecule has 102 valence electrons. The highest BCUT2D eigenvalue weighted by Gasteiger charge is 2.38. The molecule has 1 fully saturated rings. The van der Waals surface area contributed by atoms with E-state index < -0.39 is 0 Å². The van der Waals surface area contributed by atoms with Crippen LogP contribution in [0.2, 0.25) is 0 Å². The van der Waals surface area contributed by atoms with Crippen molar-refractivity contribution < 1.29 is 9.13 Å². The van der Waals surface area contributed by atoms with E-state index in [-0.39, 0.29) is 17.1 Å². The molecule has 0 aliphatic heterocycles. The molecule has 1 heterocycles. The van der Waals surface area contributed by atoms with E-state index in [2.05, 4.69) is 16.5 Å². The van der Waals surface area contributed by atoms with Crippen LogP contribution in [0, 0.1) is 10.6 Å². The molecule has 1 aromatic heterocycles. The van der Waals surface area contributed by atoms with Crippen molar-refractivity contribution in [3.63, 3.8) is 0 Å². The van der Waals surface area contributed by atoms with Crippen molar-refractivity contribution in [2.24, 2.45) is 0 Å². The molecule has 1 aliphatic carbocycles. The highest BCUT2D eigenvalue weighted by molar-refractivity contribution is 7.71. The Hall–Kier alpha value is -1.36. The number of ether oxygens (including phenoxy) is 1. The van der Waals surface area contributed by atoms with E-state index in [1.54, 1.807) is 6.07 Å². The molecule has 0 atom stereocenters. The van der Waals surface area contributed by atoms with E-state index in [0.717, 1.165) is 30.3 Å². The maximum atomic E-state index is 13.7. The van der Waals surface area contributed by atoms with E-state index in [1.165, 1.54) is 19.6 Å². The molecule has 0 spiro atoms. The van der Waals surface area contributed by atoms with Crippen molar-refractivity contribution in [2.45, 2.75) is 38.1 Å². The average Bonchev–Trinajstić information content (AvgIpc) is 2.64. The second-order valence-corrected chi connectivity index (χ2v) is 5.59. The van der Waals surface area contributed by atoms with Gasteiger partial charge in [0.05, 0.1) is 18.1 Å². The standard InChI is InChI=1S/C14H17FN2OS/c1-3-14(5-4-6-14)17-11-8-12(18-2)9(15)7-10(11)16-13(17)19/h7-8H,3-6H2,1-2H3,(H,16,19). The Morgan fingerprint density at radius 2 is 2.21 bits per heavy atom. The van der Waals surface area contributed by atoms with Gasteiger partial charge in [-0.2, -0.15) is 0 Å². The lowest BCUT2D eigenvalue weighted by molar-refractivity contribution is 0.140. The van der Waals surface area contributed by atoms with Crippen molar-refractivity contribution in [3.8, 4) is 5.75 Å². The van der Waals surface area contributed by atoms with Crippen LogP contribution in [0.15, 0.2) is 12.1 Å². The minimum Gasteiger partial charge on any atom is -0.494 e. The molecular formula is C14H17FN2OS. The molecule has 1 N–H and O–H groups in total. The Kier molecular flexibility index (Phi) is 2.89. The first kappa shape index (κ1) is 12.7. The SMILES string of the molecule is CCC1(n2c(=S)[nH]c3cc(F)c(OC)cc32)CCC1. The minimum absolute atomic E-state index is 0.0954.